The van der Waals surface area contributed by atoms with E-state index in [1.165, 1.54) is 29.5 Å². The van der Waals surface area contributed by atoms with Gasteiger partial charge in [-0.25, -0.2) is 0 Å². The molecule has 5 heteroatoms. The van der Waals surface area contributed by atoms with Crippen molar-refractivity contribution >= 4 is 5.97 Å². The van der Waals surface area contributed by atoms with Gasteiger partial charge in [-0.2, -0.15) is 0 Å². The highest BCUT2D eigenvalue weighted by atomic mass is 16.6. The molecule has 3 fully saturated rings. The average Bonchev–Trinajstić information content (AvgIpc) is 3.02. The molecule has 1 saturated heterocycles. The summed E-state index contributed by atoms with van der Waals surface area (Å²) >= 11 is 0. The molecule has 1 aromatic rings. The Hall–Kier alpha value is -2.01. The van der Waals surface area contributed by atoms with Crippen LogP contribution in [0.4, 0.5) is 0 Å². The Morgan fingerprint density at radius 2 is 2.16 bits per heavy atom. The molecule has 2 saturated carbocycles. The quantitative estimate of drug-likeness (QED) is 0.565. The molecule has 5 rings (SSSR count). The molecule has 1 aromatic carbocycles. The third-order valence-corrected chi connectivity index (χ3v) is 8.86. The second-order valence-corrected chi connectivity index (χ2v) is 10.5. The lowest BCUT2D eigenvalue weighted by molar-refractivity contribution is -0.146. The van der Waals surface area contributed by atoms with Crippen LogP contribution in [0.1, 0.15) is 63.1 Å². The van der Waals surface area contributed by atoms with Crippen LogP contribution in [0.25, 0.3) is 0 Å². The Balaban J connectivity index is 1.36. The standard InChI is InChI=1S/C26H35NO4/c1-15-6-5-8-26(3)13-24-19(11-21(15)26)20(25(29)31-24)14-27-9-7-17-10-22(28)23(30-4)12-18(17)16(27)2/h10,12,16,19-21,24,28H,1,5-9,11,13-14H2,2-4H3/t16-,19-,20+,21-,24+,26+/m0/s1. The Kier molecular flexibility index (Phi) is 5.08. The normalized spacial score (nSPS) is 37.6. The Labute approximate surface area is 185 Å². The lowest BCUT2D eigenvalue weighted by Gasteiger charge is -2.50. The van der Waals surface area contributed by atoms with Crippen molar-refractivity contribution in [3.63, 3.8) is 0 Å². The molecule has 168 valence electrons. The van der Waals surface area contributed by atoms with Crippen molar-refractivity contribution in [3.05, 3.63) is 35.4 Å². The molecule has 2 aliphatic heterocycles. The molecule has 5 nitrogen and oxygen atoms in total. The highest BCUT2D eigenvalue weighted by Gasteiger charge is 2.55. The molecule has 0 spiro atoms. The van der Waals surface area contributed by atoms with Crippen LogP contribution in [0, 0.1) is 23.2 Å². The summed E-state index contributed by atoms with van der Waals surface area (Å²) in [4.78, 5) is 15.4. The van der Waals surface area contributed by atoms with Crippen molar-refractivity contribution in [1.29, 1.82) is 0 Å². The molecule has 0 bridgehead atoms. The lowest BCUT2D eigenvalue weighted by Crippen LogP contribution is -2.46. The molecule has 31 heavy (non-hydrogen) atoms. The van der Waals surface area contributed by atoms with E-state index in [0.717, 1.165) is 38.8 Å². The molecular weight excluding hydrogens is 390 g/mol. The molecular formula is C26H35NO4. The smallest absolute Gasteiger partial charge is 0.310 e. The number of rotatable bonds is 3. The van der Waals surface area contributed by atoms with Gasteiger partial charge in [-0.05, 0) is 80.0 Å². The van der Waals surface area contributed by atoms with Gasteiger partial charge in [0.05, 0.1) is 13.0 Å². The van der Waals surface area contributed by atoms with Crippen LogP contribution in [-0.2, 0) is 16.0 Å². The predicted octanol–water partition coefficient (Wildman–Crippen LogP) is 4.63. The summed E-state index contributed by atoms with van der Waals surface area (Å²) in [5, 5.41) is 10.1. The SMILES string of the molecule is C=C1CCC[C@]2(C)C[C@H]3OC(=O)[C@H](CN4CCc5cc(O)c(OC)cc5[C@@H]4C)[C@@H]3C[C@@H]12. The maximum atomic E-state index is 13.0. The number of phenolic OH excluding ortho intramolecular Hbond substituents is 1. The number of methoxy groups -OCH3 is 1. The number of hydrogen-bond donors (Lipinski definition) is 1. The second-order valence-electron chi connectivity index (χ2n) is 10.5. The first-order chi connectivity index (χ1) is 14.8. The zero-order chi connectivity index (χ0) is 21.9. The van der Waals surface area contributed by atoms with E-state index in [-0.39, 0.29) is 35.2 Å². The molecule has 0 radical (unpaired) electrons. The van der Waals surface area contributed by atoms with Crippen molar-refractivity contribution in [2.75, 3.05) is 20.2 Å². The van der Waals surface area contributed by atoms with Gasteiger partial charge in [0.2, 0.25) is 0 Å². The molecule has 4 aliphatic rings. The van der Waals surface area contributed by atoms with Crippen LogP contribution >= 0.6 is 0 Å². The largest absolute Gasteiger partial charge is 0.504 e. The minimum absolute atomic E-state index is 0.0101. The third kappa shape index (κ3) is 3.36. The fourth-order valence-electron chi connectivity index (χ4n) is 7.02. The number of carbonyl (C=O) groups is 1. The summed E-state index contributed by atoms with van der Waals surface area (Å²) in [7, 11) is 1.58. The van der Waals surface area contributed by atoms with Gasteiger partial charge in [0, 0.05) is 25.0 Å². The van der Waals surface area contributed by atoms with Crippen LogP contribution in [0.3, 0.4) is 0 Å². The number of esters is 1. The van der Waals surface area contributed by atoms with E-state index in [2.05, 4.69) is 25.3 Å². The number of hydrogen-bond acceptors (Lipinski definition) is 5. The van der Waals surface area contributed by atoms with Crippen molar-refractivity contribution in [2.45, 2.75) is 64.5 Å². The Morgan fingerprint density at radius 1 is 1.35 bits per heavy atom. The number of carbonyl (C=O) groups excluding carboxylic acids is 1. The number of allylic oxidation sites excluding steroid dienone is 1. The van der Waals surface area contributed by atoms with Crippen molar-refractivity contribution in [1.82, 2.24) is 4.90 Å². The summed E-state index contributed by atoms with van der Waals surface area (Å²) in [5.41, 5.74) is 3.97. The van der Waals surface area contributed by atoms with E-state index >= 15 is 0 Å². The summed E-state index contributed by atoms with van der Waals surface area (Å²) < 4.78 is 11.3. The monoisotopic (exact) mass is 425 g/mol. The van der Waals surface area contributed by atoms with Gasteiger partial charge >= 0.3 is 5.97 Å². The summed E-state index contributed by atoms with van der Waals surface area (Å²) in [6.07, 6.45) is 6.52. The first kappa shape index (κ1) is 20.9. The van der Waals surface area contributed by atoms with Crippen LogP contribution in [0.2, 0.25) is 0 Å². The number of nitrogens with zero attached hydrogens (tertiary/aromatic N) is 1. The summed E-state index contributed by atoms with van der Waals surface area (Å²) in [6, 6.07) is 3.96. The second kappa shape index (κ2) is 7.54. The molecule has 0 amide bonds. The molecule has 0 unspecified atom stereocenters. The van der Waals surface area contributed by atoms with Gasteiger partial charge < -0.3 is 14.6 Å². The van der Waals surface area contributed by atoms with Gasteiger partial charge in [0.15, 0.2) is 11.5 Å². The lowest BCUT2D eigenvalue weighted by atomic mass is 9.55. The van der Waals surface area contributed by atoms with E-state index in [0.29, 0.717) is 17.6 Å². The highest BCUT2D eigenvalue weighted by Crippen LogP contribution is 2.57. The fourth-order valence-corrected chi connectivity index (χ4v) is 7.02. The number of ether oxygens (including phenoxy) is 2. The van der Waals surface area contributed by atoms with Crippen LogP contribution < -0.4 is 4.74 Å². The number of phenols is 1. The average molecular weight is 426 g/mol. The maximum Gasteiger partial charge on any atom is 0.310 e. The topological polar surface area (TPSA) is 59.0 Å². The van der Waals surface area contributed by atoms with Crippen LogP contribution in [-0.4, -0.2) is 42.3 Å². The minimum atomic E-state index is -0.0627. The van der Waals surface area contributed by atoms with Gasteiger partial charge in [0.1, 0.15) is 6.10 Å². The molecule has 1 N–H and O–H groups in total. The molecule has 0 aromatic heterocycles. The number of fused-ring (bicyclic) bond motifs is 3. The van der Waals surface area contributed by atoms with E-state index in [4.69, 9.17) is 9.47 Å². The maximum absolute atomic E-state index is 13.0. The fraction of sp³-hybridized carbons (Fsp3) is 0.654. The first-order valence-corrected chi connectivity index (χ1v) is 11.8. The van der Waals surface area contributed by atoms with E-state index in [9.17, 15) is 9.90 Å². The molecule has 2 aliphatic carbocycles. The third-order valence-electron chi connectivity index (χ3n) is 8.86. The first-order valence-electron chi connectivity index (χ1n) is 11.8. The van der Waals surface area contributed by atoms with Gasteiger partial charge in [-0.1, -0.05) is 19.1 Å². The Morgan fingerprint density at radius 3 is 2.94 bits per heavy atom. The van der Waals surface area contributed by atoms with Crippen LogP contribution in [0.15, 0.2) is 24.3 Å². The van der Waals surface area contributed by atoms with E-state index in [1.807, 2.05) is 12.1 Å². The van der Waals surface area contributed by atoms with E-state index in [1.54, 1.807) is 7.11 Å². The summed E-state index contributed by atoms with van der Waals surface area (Å²) in [6.45, 7) is 10.6. The van der Waals surface area contributed by atoms with Crippen LogP contribution in [0.5, 0.6) is 11.5 Å². The van der Waals surface area contributed by atoms with Gasteiger partial charge in [0.25, 0.3) is 0 Å². The van der Waals surface area contributed by atoms with Gasteiger partial charge in [-0.15, -0.1) is 0 Å². The molecule has 2 heterocycles. The van der Waals surface area contributed by atoms with Crippen molar-refractivity contribution in [2.24, 2.45) is 23.2 Å². The van der Waals surface area contributed by atoms with Gasteiger partial charge in [-0.3, -0.25) is 9.69 Å². The minimum Gasteiger partial charge on any atom is -0.504 e. The van der Waals surface area contributed by atoms with E-state index < -0.39 is 0 Å². The van der Waals surface area contributed by atoms with Crippen molar-refractivity contribution < 1.29 is 19.4 Å². The predicted molar refractivity (Wildman–Crippen MR) is 119 cm³/mol. The van der Waals surface area contributed by atoms with Crippen molar-refractivity contribution in [3.8, 4) is 11.5 Å². The number of aromatic hydroxyl groups is 1. The zero-order valence-electron chi connectivity index (χ0n) is 19.0. The zero-order valence-corrected chi connectivity index (χ0v) is 19.0. The highest BCUT2D eigenvalue weighted by molar-refractivity contribution is 5.75. The summed E-state index contributed by atoms with van der Waals surface area (Å²) in [5.74, 6) is 1.45. The number of benzene rings is 1. The Bertz CT molecular complexity index is 911. The molecule has 6 atom stereocenters.